The normalized spacial score (nSPS) is 14.5. The Balaban J connectivity index is 2.10. The molecule has 5 heteroatoms. The molecule has 0 aliphatic heterocycles. The van der Waals surface area contributed by atoms with Crippen LogP contribution in [0, 0.1) is 0 Å². The monoisotopic (exact) mass is 337 g/mol. The number of benzene rings is 1. The number of anilines is 1. The zero-order chi connectivity index (χ0) is 13.4. The van der Waals surface area contributed by atoms with Gasteiger partial charge in [-0.25, -0.2) is 9.97 Å². The molecular weight excluding hydrogens is 326 g/mol. The zero-order valence-corrected chi connectivity index (χ0v) is 12.8. The number of halogens is 2. The molecule has 0 unspecified atom stereocenters. The highest BCUT2D eigenvalue weighted by Gasteiger charge is 2.26. The molecule has 0 radical (unpaired) electrons. The fraction of sp³-hybridized carbons (Fsp3) is 0.286. The lowest BCUT2D eigenvalue weighted by Gasteiger charge is -2.08. The molecule has 1 fully saturated rings. The van der Waals surface area contributed by atoms with Gasteiger partial charge in [0.15, 0.2) is 5.82 Å². The molecule has 1 aliphatic rings. The predicted octanol–water partition coefficient (Wildman–Crippen LogP) is 4.48. The molecule has 3 rings (SSSR count). The maximum Gasteiger partial charge on any atom is 0.163 e. The van der Waals surface area contributed by atoms with E-state index in [9.17, 15) is 0 Å². The van der Waals surface area contributed by atoms with E-state index in [-0.39, 0.29) is 0 Å². The molecule has 0 saturated heterocycles. The number of aromatic nitrogens is 2. The van der Waals surface area contributed by atoms with Crippen LogP contribution < -0.4 is 5.32 Å². The van der Waals surface area contributed by atoms with Crippen molar-refractivity contribution in [2.24, 2.45) is 0 Å². The van der Waals surface area contributed by atoms with Crippen LogP contribution in [0.25, 0.3) is 11.4 Å². The molecule has 1 N–H and O–H groups in total. The Kier molecular flexibility index (Phi) is 3.46. The average molecular weight is 339 g/mol. The Morgan fingerprint density at radius 1 is 1.26 bits per heavy atom. The average Bonchev–Trinajstić information content (AvgIpc) is 3.22. The summed E-state index contributed by atoms with van der Waals surface area (Å²) < 4.78 is 0.952. The van der Waals surface area contributed by atoms with Crippen molar-refractivity contribution in [1.82, 2.24) is 9.97 Å². The van der Waals surface area contributed by atoms with Gasteiger partial charge < -0.3 is 5.32 Å². The van der Waals surface area contributed by atoms with E-state index in [0.717, 1.165) is 21.5 Å². The van der Waals surface area contributed by atoms with Crippen molar-refractivity contribution in [1.29, 1.82) is 0 Å². The standard InChI is InChI=1S/C14H13BrClN3/c1-17-13-7-12(8-2-3-8)18-14(19-13)10-5-4-9(15)6-11(10)16/h4-8H,2-3H2,1H3,(H,17,18,19). The van der Waals surface area contributed by atoms with Crippen molar-refractivity contribution >= 4 is 33.3 Å². The molecule has 19 heavy (non-hydrogen) atoms. The predicted molar refractivity (Wildman–Crippen MR) is 81.7 cm³/mol. The Bertz CT molecular complexity index is 626. The Morgan fingerprint density at radius 3 is 2.68 bits per heavy atom. The minimum absolute atomic E-state index is 0.586. The van der Waals surface area contributed by atoms with Crippen LogP contribution >= 0.6 is 27.5 Å². The van der Waals surface area contributed by atoms with Gasteiger partial charge in [-0.15, -0.1) is 0 Å². The molecule has 2 aromatic rings. The van der Waals surface area contributed by atoms with Crippen LogP contribution in [0.15, 0.2) is 28.7 Å². The maximum atomic E-state index is 6.28. The summed E-state index contributed by atoms with van der Waals surface area (Å²) in [6.45, 7) is 0. The van der Waals surface area contributed by atoms with E-state index in [1.165, 1.54) is 12.8 Å². The first-order valence-corrected chi connectivity index (χ1v) is 7.36. The molecule has 0 bridgehead atoms. The van der Waals surface area contributed by atoms with Gasteiger partial charge in [0.25, 0.3) is 0 Å². The fourth-order valence-electron chi connectivity index (χ4n) is 1.97. The summed E-state index contributed by atoms with van der Waals surface area (Å²) in [5.41, 5.74) is 1.97. The molecule has 0 amide bonds. The van der Waals surface area contributed by atoms with E-state index in [4.69, 9.17) is 11.6 Å². The first-order valence-electron chi connectivity index (χ1n) is 6.19. The van der Waals surface area contributed by atoms with Crippen LogP contribution in [-0.4, -0.2) is 17.0 Å². The van der Waals surface area contributed by atoms with Crippen molar-refractivity contribution in [2.45, 2.75) is 18.8 Å². The second-order valence-corrected chi connectivity index (χ2v) is 5.97. The van der Waals surface area contributed by atoms with Crippen LogP contribution in [0.1, 0.15) is 24.5 Å². The summed E-state index contributed by atoms with van der Waals surface area (Å²) in [5.74, 6) is 2.11. The molecule has 1 aromatic carbocycles. The highest BCUT2D eigenvalue weighted by molar-refractivity contribution is 9.10. The Morgan fingerprint density at radius 2 is 2.05 bits per heavy atom. The van der Waals surface area contributed by atoms with Crippen molar-refractivity contribution in [3.8, 4) is 11.4 Å². The van der Waals surface area contributed by atoms with Crippen molar-refractivity contribution < 1.29 is 0 Å². The second kappa shape index (κ2) is 5.10. The maximum absolute atomic E-state index is 6.28. The van der Waals surface area contributed by atoms with Crippen molar-refractivity contribution in [3.63, 3.8) is 0 Å². The highest BCUT2D eigenvalue weighted by atomic mass is 79.9. The van der Waals surface area contributed by atoms with Gasteiger partial charge in [-0.1, -0.05) is 27.5 Å². The minimum Gasteiger partial charge on any atom is -0.373 e. The highest BCUT2D eigenvalue weighted by Crippen LogP contribution is 2.40. The van der Waals surface area contributed by atoms with E-state index >= 15 is 0 Å². The topological polar surface area (TPSA) is 37.8 Å². The van der Waals surface area contributed by atoms with Gasteiger partial charge in [-0.2, -0.15) is 0 Å². The Hall–Kier alpha value is -1.13. The summed E-state index contributed by atoms with van der Waals surface area (Å²) >= 11 is 9.68. The third-order valence-electron chi connectivity index (χ3n) is 3.17. The third kappa shape index (κ3) is 2.74. The third-order valence-corrected chi connectivity index (χ3v) is 3.98. The number of nitrogens with zero attached hydrogens (tertiary/aromatic N) is 2. The summed E-state index contributed by atoms with van der Waals surface area (Å²) in [5, 5.41) is 3.74. The fourth-order valence-corrected chi connectivity index (χ4v) is 2.73. The molecule has 1 saturated carbocycles. The van der Waals surface area contributed by atoms with E-state index < -0.39 is 0 Å². The SMILES string of the molecule is CNc1cc(C2CC2)nc(-c2ccc(Br)cc2Cl)n1. The number of hydrogen-bond acceptors (Lipinski definition) is 3. The van der Waals surface area contributed by atoms with Crippen molar-refractivity contribution in [2.75, 3.05) is 12.4 Å². The van der Waals surface area contributed by atoms with Gasteiger partial charge in [0.05, 0.1) is 5.02 Å². The summed E-state index contributed by atoms with van der Waals surface area (Å²) in [6, 6.07) is 7.78. The zero-order valence-electron chi connectivity index (χ0n) is 10.5. The minimum atomic E-state index is 0.586. The number of nitrogens with one attached hydrogen (secondary N) is 1. The quantitative estimate of drug-likeness (QED) is 0.896. The van der Waals surface area contributed by atoms with Gasteiger partial charge in [0.1, 0.15) is 5.82 Å². The molecule has 1 aliphatic carbocycles. The first-order chi connectivity index (χ1) is 9.17. The molecule has 0 spiro atoms. The lowest BCUT2D eigenvalue weighted by Crippen LogP contribution is -2.00. The van der Waals surface area contributed by atoms with E-state index in [0.29, 0.717) is 16.8 Å². The number of rotatable bonds is 3. The van der Waals surface area contributed by atoms with Gasteiger partial charge >= 0.3 is 0 Å². The van der Waals surface area contributed by atoms with Gasteiger partial charge in [0, 0.05) is 34.8 Å². The van der Waals surface area contributed by atoms with Crippen LogP contribution in [0.2, 0.25) is 5.02 Å². The summed E-state index contributed by atoms with van der Waals surface area (Å²) in [7, 11) is 1.87. The van der Waals surface area contributed by atoms with E-state index in [1.54, 1.807) is 0 Å². The molecular formula is C14H13BrClN3. The largest absolute Gasteiger partial charge is 0.373 e. The van der Waals surface area contributed by atoms with Crippen molar-refractivity contribution in [3.05, 3.63) is 39.5 Å². The van der Waals surface area contributed by atoms with Crippen LogP contribution in [0.3, 0.4) is 0 Å². The molecule has 98 valence electrons. The van der Waals surface area contributed by atoms with Crippen LogP contribution in [-0.2, 0) is 0 Å². The van der Waals surface area contributed by atoms with E-state index in [2.05, 4.69) is 31.2 Å². The smallest absolute Gasteiger partial charge is 0.163 e. The first kappa shape index (κ1) is 12.9. The van der Waals surface area contributed by atoms with Crippen LogP contribution in [0.5, 0.6) is 0 Å². The van der Waals surface area contributed by atoms with E-state index in [1.807, 2.05) is 31.3 Å². The molecule has 0 atom stereocenters. The van der Waals surface area contributed by atoms with Gasteiger partial charge in [-0.3, -0.25) is 0 Å². The van der Waals surface area contributed by atoms with Gasteiger partial charge in [0.2, 0.25) is 0 Å². The lowest BCUT2D eigenvalue weighted by molar-refractivity contribution is 0.994. The second-order valence-electron chi connectivity index (χ2n) is 4.65. The molecule has 1 aromatic heterocycles. The molecule has 1 heterocycles. The molecule has 3 nitrogen and oxygen atoms in total. The van der Waals surface area contributed by atoms with Gasteiger partial charge in [-0.05, 0) is 31.0 Å². The van der Waals surface area contributed by atoms with Crippen LogP contribution in [0.4, 0.5) is 5.82 Å². The number of hydrogen-bond donors (Lipinski definition) is 1. The Labute approximate surface area is 125 Å². The lowest BCUT2D eigenvalue weighted by atomic mass is 10.2. The summed E-state index contributed by atoms with van der Waals surface area (Å²) in [4.78, 5) is 9.15. The summed E-state index contributed by atoms with van der Waals surface area (Å²) in [6.07, 6.45) is 2.43.